The number of hydrogen-bond acceptors (Lipinski definition) is 4. The summed E-state index contributed by atoms with van der Waals surface area (Å²) in [6, 6.07) is 2.13. The lowest BCUT2D eigenvalue weighted by Gasteiger charge is -2.21. The molecule has 0 amide bonds. The van der Waals surface area contributed by atoms with E-state index in [1.165, 1.54) is 69.8 Å². The van der Waals surface area contributed by atoms with Crippen molar-refractivity contribution in [3.05, 3.63) is 11.6 Å². The molecule has 0 unspecified atom stereocenters. The van der Waals surface area contributed by atoms with Gasteiger partial charge in [0.15, 0.2) is 11.5 Å². The maximum absolute atomic E-state index is 6.28. The second-order valence-corrected chi connectivity index (χ2v) is 9.18. The lowest BCUT2D eigenvalue weighted by Crippen LogP contribution is -2.07. The maximum Gasteiger partial charge on any atom is 0.207 e. The van der Waals surface area contributed by atoms with Crippen molar-refractivity contribution in [2.24, 2.45) is 5.92 Å². The third-order valence-electron chi connectivity index (χ3n) is 6.60. The van der Waals surface area contributed by atoms with Crippen LogP contribution in [0, 0.1) is 5.92 Å². The summed E-state index contributed by atoms with van der Waals surface area (Å²) >= 11 is 0. The first-order chi connectivity index (χ1) is 16.2. The van der Waals surface area contributed by atoms with E-state index in [9.17, 15) is 0 Å². The molecule has 0 aliphatic heterocycles. The Balaban J connectivity index is 2.91. The Morgan fingerprint density at radius 2 is 1.24 bits per heavy atom. The fourth-order valence-electron chi connectivity index (χ4n) is 4.34. The normalized spacial score (nSPS) is 11.1. The van der Waals surface area contributed by atoms with Gasteiger partial charge in [0.25, 0.3) is 0 Å². The minimum atomic E-state index is 0.647. The molecule has 0 saturated heterocycles. The summed E-state index contributed by atoms with van der Waals surface area (Å²) < 4.78 is 23.9. The molecule has 0 fully saturated rings. The first-order valence-electron chi connectivity index (χ1n) is 13.7. The smallest absolute Gasteiger partial charge is 0.207 e. The second kappa shape index (κ2) is 18.8. The summed E-state index contributed by atoms with van der Waals surface area (Å²) in [7, 11) is 3.37. The van der Waals surface area contributed by atoms with Gasteiger partial charge in [0.05, 0.1) is 27.4 Å². The topological polar surface area (TPSA) is 36.9 Å². The number of ether oxygens (including phenoxy) is 4. The van der Waals surface area contributed by atoms with Gasteiger partial charge in [0, 0.05) is 5.56 Å². The van der Waals surface area contributed by atoms with Crippen molar-refractivity contribution in [2.45, 2.75) is 118 Å². The highest BCUT2D eigenvalue weighted by atomic mass is 16.5. The molecule has 1 rings (SSSR count). The van der Waals surface area contributed by atoms with Gasteiger partial charge in [0.2, 0.25) is 11.5 Å². The minimum Gasteiger partial charge on any atom is -0.490 e. The van der Waals surface area contributed by atoms with Crippen LogP contribution in [0.1, 0.15) is 117 Å². The molecule has 192 valence electrons. The average Bonchev–Trinajstić information content (AvgIpc) is 2.84. The Morgan fingerprint density at radius 3 is 1.82 bits per heavy atom. The highest BCUT2D eigenvalue weighted by Gasteiger charge is 2.22. The molecule has 0 aromatic heterocycles. The molecule has 0 aliphatic rings. The summed E-state index contributed by atoms with van der Waals surface area (Å²) in [5.74, 6) is 3.82. The molecule has 4 heteroatoms. The van der Waals surface area contributed by atoms with Gasteiger partial charge in [0.1, 0.15) is 0 Å². The van der Waals surface area contributed by atoms with E-state index in [0.717, 1.165) is 43.1 Å². The molecule has 0 aliphatic carbocycles. The van der Waals surface area contributed by atoms with E-state index in [0.29, 0.717) is 24.7 Å². The minimum absolute atomic E-state index is 0.647. The van der Waals surface area contributed by atoms with Gasteiger partial charge >= 0.3 is 0 Å². The van der Waals surface area contributed by atoms with Crippen LogP contribution in [0.25, 0.3) is 0 Å². The number of aryl methyl sites for hydroxylation is 1. The predicted octanol–water partition coefficient (Wildman–Crippen LogP) is 8.77. The van der Waals surface area contributed by atoms with E-state index in [-0.39, 0.29) is 0 Å². The number of methoxy groups -OCH3 is 2. The van der Waals surface area contributed by atoms with Crippen molar-refractivity contribution in [2.75, 3.05) is 27.4 Å². The van der Waals surface area contributed by atoms with Gasteiger partial charge in [-0.25, -0.2) is 0 Å². The SMILES string of the molecule is CCCCCOc1cc(CCCCCCC(CC)CC)c(OCCCCC)c(OC)c1OC. The molecule has 1 aromatic carbocycles. The Bertz CT molecular complexity index is 610. The van der Waals surface area contributed by atoms with Crippen molar-refractivity contribution in [3.8, 4) is 23.0 Å². The van der Waals surface area contributed by atoms with E-state index < -0.39 is 0 Å². The van der Waals surface area contributed by atoms with Crippen LogP contribution in [0.15, 0.2) is 6.07 Å². The van der Waals surface area contributed by atoms with Gasteiger partial charge in [-0.3, -0.25) is 0 Å². The van der Waals surface area contributed by atoms with Crippen LogP contribution in [-0.2, 0) is 6.42 Å². The number of unbranched alkanes of at least 4 members (excludes halogenated alkanes) is 7. The van der Waals surface area contributed by atoms with Crippen molar-refractivity contribution in [3.63, 3.8) is 0 Å². The van der Waals surface area contributed by atoms with E-state index >= 15 is 0 Å². The summed E-state index contributed by atoms with van der Waals surface area (Å²) in [5, 5.41) is 0. The van der Waals surface area contributed by atoms with Gasteiger partial charge < -0.3 is 18.9 Å². The van der Waals surface area contributed by atoms with Crippen LogP contribution in [0.3, 0.4) is 0 Å². The molecular formula is C29H52O4. The predicted molar refractivity (Wildman–Crippen MR) is 140 cm³/mol. The molecule has 0 heterocycles. The van der Waals surface area contributed by atoms with E-state index in [2.05, 4.69) is 33.8 Å². The lowest BCUT2D eigenvalue weighted by molar-refractivity contribution is 0.256. The standard InChI is InChI=1S/C29H52O4/c1-7-11-17-21-32-26-23-25(20-16-14-13-15-19-24(9-3)10-4)27(33-22-18-12-8-2)29(31-6)28(26)30-5/h23-24H,7-22H2,1-6H3. The van der Waals surface area contributed by atoms with Crippen molar-refractivity contribution < 1.29 is 18.9 Å². The zero-order valence-corrected chi connectivity index (χ0v) is 22.6. The van der Waals surface area contributed by atoms with Gasteiger partial charge in [-0.1, -0.05) is 91.9 Å². The van der Waals surface area contributed by atoms with Gasteiger partial charge in [-0.2, -0.15) is 0 Å². The third kappa shape index (κ3) is 10.9. The monoisotopic (exact) mass is 464 g/mol. The fraction of sp³-hybridized carbons (Fsp3) is 0.793. The zero-order chi connectivity index (χ0) is 24.3. The van der Waals surface area contributed by atoms with Crippen molar-refractivity contribution >= 4 is 0 Å². The maximum atomic E-state index is 6.28. The second-order valence-electron chi connectivity index (χ2n) is 9.18. The Morgan fingerprint density at radius 1 is 0.636 bits per heavy atom. The Labute approximate surface area is 204 Å². The molecule has 0 bridgehead atoms. The Hall–Kier alpha value is -1.58. The summed E-state index contributed by atoms with van der Waals surface area (Å²) in [6.07, 6.45) is 16.8. The van der Waals surface area contributed by atoms with Crippen molar-refractivity contribution in [1.82, 2.24) is 0 Å². The lowest BCUT2D eigenvalue weighted by atomic mass is 9.95. The fourth-order valence-corrected chi connectivity index (χ4v) is 4.34. The molecule has 4 nitrogen and oxygen atoms in total. The van der Waals surface area contributed by atoms with Crippen LogP contribution in [0.4, 0.5) is 0 Å². The van der Waals surface area contributed by atoms with Crippen LogP contribution in [0.5, 0.6) is 23.0 Å². The van der Waals surface area contributed by atoms with Crippen LogP contribution in [-0.4, -0.2) is 27.4 Å². The largest absolute Gasteiger partial charge is 0.490 e. The van der Waals surface area contributed by atoms with E-state index in [4.69, 9.17) is 18.9 Å². The summed E-state index contributed by atoms with van der Waals surface area (Å²) in [4.78, 5) is 0. The van der Waals surface area contributed by atoms with Crippen LogP contribution in [0.2, 0.25) is 0 Å². The number of benzene rings is 1. The van der Waals surface area contributed by atoms with Crippen molar-refractivity contribution in [1.29, 1.82) is 0 Å². The van der Waals surface area contributed by atoms with E-state index in [1.54, 1.807) is 14.2 Å². The average molecular weight is 465 g/mol. The van der Waals surface area contributed by atoms with Gasteiger partial charge in [-0.15, -0.1) is 0 Å². The number of rotatable bonds is 21. The molecule has 0 atom stereocenters. The molecule has 33 heavy (non-hydrogen) atoms. The third-order valence-corrected chi connectivity index (χ3v) is 6.60. The number of hydrogen-bond donors (Lipinski definition) is 0. The molecule has 1 aromatic rings. The highest BCUT2D eigenvalue weighted by molar-refractivity contribution is 5.63. The molecule has 0 radical (unpaired) electrons. The van der Waals surface area contributed by atoms with Crippen LogP contribution >= 0.6 is 0 Å². The molecular weight excluding hydrogens is 412 g/mol. The zero-order valence-electron chi connectivity index (χ0n) is 22.6. The Kier molecular flexibility index (Phi) is 16.8. The highest BCUT2D eigenvalue weighted by Crippen LogP contribution is 2.47. The summed E-state index contributed by atoms with van der Waals surface area (Å²) in [6.45, 7) is 10.4. The first-order valence-corrected chi connectivity index (χ1v) is 13.7. The quantitative estimate of drug-likeness (QED) is 0.170. The first kappa shape index (κ1) is 29.5. The summed E-state index contributed by atoms with van der Waals surface area (Å²) in [5.41, 5.74) is 1.18. The van der Waals surface area contributed by atoms with Gasteiger partial charge in [-0.05, 0) is 37.7 Å². The molecule has 0 N–H and O–H groups in total. The van der Waals surface area contributed by atoms with E-state index in [1.807, 2.05) is 0 Å². The van der Waals surface area contributed by atoms with Crippen LogP contribution < -0.4 is 18.9 Å². The molecule has 0 spiro atoms. The molecule has 0 saturated carbocycles.